The topological polar surface area (TPSA) is 91.3 Å². The van der Waals surface area contributed by atoms with Crippen LogP contribution in [0.25, 0.3) is 0 Å². The number of hydrogen-bond donors (Lipinski definition) is 1. The molecule has 1 amide bonds. The molecule has 3 aromatic carbocycles. The fraction of sp³-hybridized carbons (Fsp3) is 0.259. The van der Waals surface area contributed by atoms with Crippen molar-refractivity contribution in [3.05, 3.63) is 84.4 Å². The zero-order chi connectivity index (χ0) is 26.0. The first-order valence-electron chi connectivity index (χ1n) is 11.9. The van der Waals surface area contributed by atoms with Crippen molar-refractivity contribution in [2.75, 3.05) is 35.4 Å². The molecule has 36 heavy (non-hydrogen) atoms. The van der Waals surface area contributed by atoms with Crippen molar-refractivity contribution in [2.45, 2.75) is 25.7 Å². The number of hydrogen-bond acceptors (Lipinski definition) is 6. The van der Waals surface area contributed by atoms with Gasteiger partial charge in [-0.15, -0.1) is 0 Å². The summed E-state index contributed by atoms with van der Waals surface area (Å²) in [7, 11) is -3.99. The SMILES string of the molecule is CCOc1ccc(N(CC(=O)N/N=C/c2ccc(N(CC)CC)cc2)S(=O)(=O)c2ccccc2)cc1. The van der Waals surface area contributed by atoms with Crippen LogP contribution in [0.4, 0.5) is 11.4 Å². The first-order chi connectivity index (χ1) is 17.4. The van der Waals surface area contributed by atoms with Gasteiger partial charge in [-0.05, 0) is 74.9 Å². The Morgan fingerprint density at radius 3 is 2.08 bits per heavy atom. The highest BCUT2D eigenvalue weighted by Crippen LogP contribution is 2.25. The van der Waals surface area contributed by atoms with Crippen molar-refractivity contribution >= 4 is 33.5 Å². The normalized spacial score (nSPS) is 11.3. The first kappa shape index (κ1) is 26.7. The van der Waals surface area contributed by atoms with Gasteiger partial charge in [0.15, 0.2) is 0 Å². The average Bonchev–Trinajstić information content (AvgIpc) is 2.90. The molecule has 190 valence electrons. The van der Waals surface area contributed by atoms with Gasteiger partial charge in [-0.2, -0.15) is 5.10 Å². The van der Waals surface area contributed by atoms with Crippen molar-refractivity contribution in [3.63, 3.8) is 0 Å². The molecular formula is C27H32N4O4S. The number of carbonyl (C=O) groups is 1. The number of rotatable bonds is 12. The highest BCUT2D eigenvalue weighted by molar-refractivity contribution is 7.92. The number of anilines is 2. The minimum atomic E-state index is -3.99. The van der Waals surface area contributed by atoms with Gasteiger partial charge in [0.25, 0.3) is 15.9 Å². The Kier molecular flexibility index (Phi) is 9.46. The summed E-state index contributed by atoms with van der Waals surface area (Å²) in [5.74, 6) is 0.0405. The Hall–Kier alpha value is -3.85. The second-order valence-electron chi connectivity index (χ2n) is 7.81. The molecule has 0 aliphatic rings. The number of hydrazone groups is 1. The van der Waals surface area contributed by atoms with Crippen LogP contribution in [0.5, 0.6) is 5.75 Å². The summed E-state index contributed by atoms with van der Waals surface area (Å²) in [4.78, 5) is 15.0. The van der Waals surface area contributed by atoms with E-state index in [1.165, 1.54) is 18.3 Å². The third-order valence-electron chi connectivity index (χ3n) is 5.48. The molecule has 0 saturated carbocycles. The number of nitrogens with zero attached hydrogens (tertiary/aromatic N) is 3. The second-order valence-corrected chi connectivity index (χ2v) is 9.67. The number of sulfonamides is 1. The molecule has 3 rings (SSSR count). The van der Waals surface area contributed by atoms with Gasteiger partial charge in [-0.25, -0.2) is 13.8 Å². The highest BCUT2D eigenvalue weighted by Gasteiger charge is 2.27. The number of ether oxygens (including phenoxy) is 1. The van der Waals surface area contributed by atoms with Crippen LogP contribution in [-0.2, 0) is 14.8 Å². The molecule has 0 unspecified atom stereocenters. The van der Waals surface area contributed by atoms with Crippen molar-refractivity contribution in [2.24, 2.45) is 5.10 Å². The molecule has 0 radical (unpaired) electrons. The number of amides is 1. The van der Waals surface area contributed by atoms with E-state index in [1.807, 2.05) is 31.2 Å². The standard InChI is InChI=1S/C27H32N4O4S/c1-4-30(5-2)23-14-12-22(13-15-23)20-28-29-27(32)21-31(24-16-18-25(19-17-24)35-6-3)36(33,34)26-10-8-7-9-11-26/h7-20H,4-6,21H2,1-3H3,(H,29,32)/b28-20+. The fourth-order valence-electron chi connectivity index (χ4n) is 3.61. The summed E-state index contributed by atoms with van der Waals surface area (Å²) >= 11 is 0. The molecule has 0 atom stereocenters. The quantitative estimate of drug-likeness (QED) is 0.291. The predicted octanol–water partition coefficient (Wildman–Crippen LogP) is 4.28. The molecular weight excluding hydrogens is 476 g/mol. The lowest BCUT2D eigenvalue weighted by Crippen LogP contribution is -2.39. The van der Waals surface area contributed by atoms with Crippen molar-refractivity contribution in [1.82, 2.24) is 5.43 Å². The van der Waals surface area contributed by atoms with Gasteiger partial charge in [0, 0.05) is 18.8 Å². The zero-order valence-corrected chi connectivity index (χ0v) is 21.6. The molecule has 0 aliphatic carbocycles. The third kappa shape index (κ3) is 6.85. The van der Waals surface area contributed by atoms with E-state index < -0.39 is 22.5 Å². The van der Waals surface area contributed by atoms with E-state index in [2.05, 4.69) is 29.3 Å². The van der Waals surface area contributed by atoms with E-state index in [0.717, 1.165) is 28.6 Å². The Morgan fingerprint density at radius 2 is 1.50 bits per heavy atom. The van der Waals surface area contributed by atoms with Crippen LogP contribution >= 0.6 is 0 Å². The minimum Gasteiger partial charge on any atom is -0.494 e. The highest BCUT2D eigenvalue weighted by atomic mass is 32.2. The summed E-state index contributed by atoms with van der Waals surface area (Å²) in [6.07, 6.45) is 1.52. The molecule has 3 aromatic rings. The van der Waals surface area contributed by atoms with E-state index in [9.17, 15) is 13.2 Å². The smallest absolute Gasteiger partial charge is 0.264 e. The summed E-state index contributed by atoms with van der Waals surface area (Å²) in [5.41, 5.74) is 4.70. The van der Waals surface area contributed by atoms with Crippen LogP contribution in [-0.4, -0.2) is 46.8 Å². The molecule has 0 aliphatic heterocycles. The number of carbonyl (C=O) groups excluding carboxylic acids is 1. The van der Waals surface area contributed by atoms with Crippen molar-refractivity contribution in [3.8, 4) is 5.75 Å². The summed E-state index contributed by atoms with van der Waals surface area (Å²) < 4.78 is 33.3. The van der Waals surface area contributed by atoms with Crippen LogP contribution in [0.3, 0.4) is 0 Å². The van der Waals surface area contributed by atoms with E-state index in [4.69, 9.17) is 4.74 Å². The van der Waals surface area contributed by atoms with Gasteiger partial charge in [-0.3, -0.25) is 9.10 Å². The summed E-state index contributed by atoms with van der Waals surface area (Å²) in [5, 5.41) is 4.02. The van der Waals surface area contributed by atoms with Gasteiger partial charge < -0.3 is 9.64 Å². The molecule has 0 heterocycles. The van der Waals surface area contributed by atoms with Crippen molar-refractivity contribution < 1.29 is 17.9 Å². The molecule has 0 aromatic heterocycles. The first-order valence-corrected chi connectivity index (χ1v) is 13.3. The van der Waals surface area contributed by atoms with E-state index in [1.54, 1.807) is 42.5 Å². The third-order valence-corrected chi connectivity index (χ3v) is 7.27. The van der Waals surface area contributed by atoms with Gasteiger partial charge in [0.05, 0.1) is 23.4 Å². The molecule has 1 N–H and O–H groups in total. The lowest BCUT2D eigenvalue weighted by atomic mass is 10.2. The average molecular weight is 509 g/mol. The Balaban J connectivity index is 1.75. The van der Waals surface area contributed by atoms with Gasteiger partial charge in [-0.1, -0.05) is 30.3 Å². The monoisotopic (exact) mass is 508 g/mol. The number of benzene rings is 3. The molecule has 8 nitrogen and oxygen atoms in total. The van der Waals surface area contributed by atoms with Gasteiger partial charge >= 0.3 is 0 Å². The van der Waals surface area contributed by atoms with Gasteiger partial charge in [0.2, 0.25) is 0 Å². The lowest BCUT2D eigenvalue weighted by Gasteiger charge is -2.24. The van der Waals surface area contributed by atoms with Gasteiger partial charge in [0.1, 0.15) is 12.3 Å². The molecule has 0 bridgehead atoms. The van der Waals surface area contributed by atoms with Crippen LogP contribution in [0.1, 0.15) is 26.3 Å². The van der Waals surface area contributed by atoms with Crippen LogP contribution in [0, 0.1) is 0 Å². The molecule has 0 spiro atoms. The predicted molar refractivity (Wildman–Crippen MR) is 144 cm³/mol. The molecule has 0 saturated heterocycles. The maximum absolute atomic E-state index is 13.4. The maximum Gasteiger partial charge on any atom is 0.264 e. The van der Waals surface area contributed by atoms with E-state index in [0.29, 0.717) is 18.0 Å². The minimum absolute atomic E-state index is 0.0866. The van der Waals surface area contributed by atoms with Crippen molar-refractivity contribution in [1.29, 1.82) is 0 Å². The van der Waals surface area contributed by atoms with E-state index >= 15 is 0 Å². The summed E-state index contributed by atoms with van der Waals surface area (Å²) in [6, 6.07) is 22.4. The Bertz CT molecular complexity index is 1240. The molecule has 0 fully saturated rings. The lowest BCUT2D eigenvalue weighted by molar-refractivity contribution is -0.119. The zero-order valence-electron chi connectivity index (χ0n) is 20.8. The Labute approximate surface area is 213 Å². The maximum atomic E-state index is 13.4. The fourth-order valence-corrected chi connectivity index (χ4v) is 5.06. The van der Waals surface area contributed by atoms with E-state index in [-0.39, 0.29) is 4.90 Å². The van der Waals surface area contributed by atoms with Crippen LogP contribution in [0.15, 0.2) is 88.9 Å². The second kappa shape index (κ2) is 12.7. The Morgan fingerprint density at radius 1 is 0.889 bits per heavy atom. The van der Waals surface area contributed by atoms with Crippen LogP contribution < -0.4 is 19.4 Å². The van der Waals surface area contributed by atoms with Crippen LogP contribution in [0.2, 0.25) is 0 Å². The number of nitrogens with one attached hydrogen (secondary N) is 1. The molecule has 9 heteroatoms. The largest absolute Gasteiger partial charge is 0.494 e. The summed E-state index contributed by atoms with van der Waals surface area (Å²) in [6.45, 7) is 7.94.